The van der Waals surface area contributed by atoms with Crippen molar-refractivity contribution in [2.75, 3.05) is 0 Å². The molecule has 0 bridgehead atoms. The number of hydrogen-bond donors (Lipinski definition) is 2. The van der Waals surface area contributed by atoms with E-state index in [2.05, 4.69) is 25.9 Å². The third kappa shape index (κ3) is 4.29. The van der Waals surface area contributed by atoms with Gasteiger partial charge in [-0.15, -0.1) is 0 Å². The fraction of sp³-hybridized carbons (Fsp3) is 0.800. The Hall–Kier alpha value is -1.10. The molecule has 4 N–H and O–H groups in total. The zero-order valence-electron chi connectivity index (χ0n) is 10.2. The van der Waals surface area contributed by atoms with E-state index in [-0.39, 0.29) is 16.8 Å². The Balaban J connectivity index is 4.80. The Labute approximate surface area is 91.5 Å². The molecule has 0 radical (unpaired) electrons. The lowest BCUT2D eigenvalue weighted by molar-refractivity contribution is -0.103. The molecule has 0 rings (SSSR count). The second-order valence-corrected chi connectivity index (χ2v) is 5.53. The molecule has 88 valence electrons. The van der Waals surface area contributed by atoms with Gasteiger partial charge in [-0.1, -0.05) is 20.8 Å². The van der Waals surface area contributed by atoms with Gasteiger partial charge in [0.05, 0.1) is 5.54 Å². The lowest BCUT2D eigenvalue weighted by Gasteiger charge is -2.39. The van der Waals surface area contributed by atoms with Crippen LogP contribution >= 0.6 is 0 Å². The molecule has 0 aromatic heterocycles. The fourth-order valence-electron chi connectivity index (χ4n) is 1.84. The van der Waals surface area contributed by atoms with Crippen LogP contribution in [0.25, 0.3) is 0 Å². The Bertz CT molecular complexity index is 253. The van der Waals surface area contributed by atoms with Crippen molar-refractivity contribution in [1.82, 2.24) is 5.01 Å². The maximum atomic E-state index is 10.7. The topological polar surface area (TPSA) is 84.7 Å². The van der Waals surface area contributed by atoms with Gasteiger partial charge in [-0.2, -0.15) is 5.10 Å². The molecule has 0 aromatic carbocycles. The quantitative estimate of drug-likeness (QED) is 0.240. The van der Waals surface area contributed by atoms with E-state index in [4.69, 9.17) is 11.7 Å². The maximum Gasteiger partial charge on any atom is 0.202 e. The van der Waals surface area contributed by atoms with Gasteiger partial charge in [0, 0.05) is 0 Å². The first-order valence-electron chi connectivity index (χ1n) is 4.92. The van der Waals surface area contributed by atoms with E-state index >= 15 is 0 Å². The van der Waals surface area contributed by atoms with E-state index in [1.54, 1.807) is 0 Å². The van der Waals surface area contributed by atoms with E-state index in [9.17, 15) is 4.79 Å². The summed E-state index contributed by atoms with van der Waals surface area (Å²) >= 11 is 0. The van der Waals surface area contributed by atoms with E-state index < -0.39 is 0 Å². The average molecular weight is 214 g/mol. The minimum absolute atomic E-state index is 0.0595. The normalized spacial score (nSPS) is 13.9. The highest BCUT2D eigenvalue weighted by molar-refractivity contribution is 6.26. The summed E-state index contributed by atoms with van der Waals surface area (Å²) in [6, 6.07) is 0. The molecule has 0 aliphatic carbocycles. The predicted octanol–water partition coefficient (Wildman–Crippen LogP) is 0.848. The summed E-state index contributed by atoms with van der Waals surface area (Å²) in [7, 11) is 0. The molecule has 0 amide bonds. The molecule has 5 nitrogen and oxygen atoms in total. The lowest BCUT2D eigenvalue weighted by Crippen LogP contribution is -2.54. The van der Waals surface area contributed by atoms with Gasteiger partial charge in [0.1, 0.15) is 0 Å². The van der Waals surface area contributed by atoms with Crippen LogP contribution in [-0.2, 0) is 4.79 Å². The number of carbonyl (C=O) groups excluding carboxylic acids is 1. The summed E-state index contributed by atoms with van der Waals surface area (Å²) in [6.45, 7) is 10.2. The zero-order valence-corrected chi connectivity index (χ0v) is 10.2. The highest BCUT2D eigenvalue weighted by Crippen LogP contribution is 2.29. The minimum Gasteiger partial charge on any atom is -0.321 e. The Morgan fingerprint density at radius 1 is 1.33 bits per heavy atom. The van der Waals surface area contributed by atoms with Gasteiger partial charge in [-0.3, -0.25) is 9.80 Å². The molecule has 0 aliphatic rings. The van der Waals surface area contributed by atoms with Gasteiger partial charge in [-0.05, 0) is 25.7 Å². The summed E-state index contributed by atoms with van der Waals surface area (Å²) in [4.78, 5) is 10.7. The van der Waals surface area contributed by atoms with Crippen molar-refractivity contribution >= 4 is 12.1 Å². The fourth-order valence-corrected chi connectivity index (χ4v) is 1.84. The van der Waals surface area contributed by atoms with E-state index in [1.165, 1.54) is 5.01 Å². The molecular weight excluding hydrogens is 192 g/mol. The Kier molecular flexibility index (Phi) is 4.27. The van der Waals surface area contributed by atoms with Gasteiger partial charge in [-0.25, -0.2) is 5.84 Å². The molecular formula is C10H22N4O. The summed E-state index contributed by atoms with van der Waals surface area (Å²) in [5.41, 5.74) is -0.249. The number of hydrazine groups is 1. The molecule has 0 saturated carbocycles. The van der Waals surface area contributed by atoms with E-state index in [0.717, 1.165) is 6.42 Å². The zero-order chi connectivity index (χ0) is 12.3. The number of nitrogens with zero attached hydrogens (tertiary/aromatic N) is 2. The van der Waals surface area contributed by atoms with Crippen LogP contribution < -0.4 is 11.7 Å². The third-order valence-corrected chi connectivity index (χ3v) is 2.10. The third-order valence-electron chi connectivity index (χ3n) is 2.10. The average Bonchev–Trinajstić information content (AvgIpc) is 2.01. The van der Waals surface area contributed by atoms with Gasteiger partial charge >= 0.3 is 0 Å². The first kappa shape index (κ1) is 13.9. The van der Waals surface area contributed by atoms with Crippen LogP contribution in [-0.4, -0.2) is 22.7 Å². The molecule has 0 aliphatic heterocycles. The number of nitrogens with two attached hydrogens (primary N) is 2. The number of amidine groups is 1. The Morgan fingerprint density at radius 2 is 1.80 bits per heavy atom. The molecule has 0 atom stereocenters. The molecule has 5 heteroatoms. The monoisotopic (exact) mass is 214 g/mol. The van der Waals surface area contributed by atoms with Crippen molar-refractivity contribution in [3.05, 3.63) is 0 Å². The summed E-state index contributed by atoms with van der Waals surface area (Å²) in [5, 5.41) is 4.68. The number of carbonyl (C=O) groups is 1. The number of aldehydes is 1. The molecule has 0 saturated heterocycles. The molecule has 0 aromatic rings. The van der Waals surface area contributed by atoms with Crippen molar-refractivity contribution in [1.29, 1.82) is 0 Å². The van der Waals surface area contributed by atoms with Crippen LogP contribution in [0.2, 0.25) is 0 Å². The van der Waals surface area contributed by atoms with Crippen LogP contribution in [0.15, 0.2) is 5.10 Å². The lowest BCUT2D eigenvalue weighted by atomic mass is 9.81. The predicted molar refractivity (Wildman–Crippen MR) is 61.9 cm³/mol. The highest BCUT2D eigenvalue weighted by Gasteiger charge is 2.31. The second-order valence-electron chi connectivity index (χ2n) is 5.53. The van der Waals surface area contributed by atoms with Crippen molar-refractivity contribution in [2.24, 2.45) is 22.2 Å². The number of hydrazone groups is 1. The maximum absolute atomic E-state index is 10.7. The van der Waals surface area contributed by atoms with E-state index in [1.807, 2.05) is 13.8 Å². The van der Waals surface area contributed by atoms with Gasteiger partial charge in [0.15, 0.2) is 6.29 Å². The highest BCUT2D eigenvalue weighted by atomic mass is 16.1. The molecule has 0 spiro atoms. The van der Waals surface area contributed by atoms with E-state index in [0.29, 0.717) is 6.29 Å². The van der Waals surface area contributed by atoms with Crippen LogP contribution in [0, 0.1) is 5.41 Å². The van der Waals surface area contributed by atoms with Crippen molar-refractivity contribution < 1.29 is 4.79 Å². The Morgan fingerprint density at radius 3 is 2.07 bits per heavy atom. The van der Waals surface area contributed by atoms with Crippen molar-refractivity contribution in [3.63, 3.8) is 0 Å². The van der Waals surface area contributed by atoms with Crippen molar-refractivity contribution in [3.8, 4) is 0 Å². The summed E-state index contributed by atoms with van der Waals surface area (Å²) in [6.07, 6.45) is 1.38. The largest absolute Gasteiger partial charge is 0.321 e. The van der Waals surface area contributed by atoms with Crippen LogP contribution in [0.4, 0.5) is 0 Å². The van der Waals surface area contributed by atoms with Crippen molar-refractivity contribution in [2.45, 2.75) is 46.6 Å². The molecule has 15 heavy (non-hydrogen) atoms. The van der Waals surface area contributed by atoms with Gasteiger partial charge in [0.2, 0.25) is 5.84 Å². The number of rotatable bonds is 3. The van der Waals surface area contributed by atoms with Gasteiger partial charge < -0.3 is 5.84 Å². The molecule has 0 heterocycles. The number of hydrogen-bond acceptors (Lipinski definition) is 4. The van der Waals surface area contributed by atoms with Crippen LogP contribution in [0.3, 0.4) is 0 Å². The second kappa shape index (κ2) is 4.61. The molecule has 0 fully saturated rings. The first-order chi connectivity index (χ1) is 6.64. The standard InChI is InChI=1S/C10H22N4O/c1-9(2,3)7-10(4,5)14(12)8(6-15)13-11/h6H,7,11-12H2,1-5H3/b13-8-. The minimum atomic E-state index is -0.364. The summed E-state index contributed by atoms with van der Waals surface area (Å²) < 4.78 is 0. The molecule has 0 unspecified atom stereocenters. The smallest absolute Gasteiger partial charge is 0.202 e. The summed E-state index contributed by atoms with van der Waals surface area (Å²) in [5.74, 6) is 11.0. The van der Waals surface area contributed by atoms with Gasteiger partial charge in [0.25, 0.3) is 0 Å². The van der Waals surface area contributed by atoms with Crippen LogP contribution in [0.1, 0.15) is 41.0 Å². The first-order valence-corrected chi connectivity index (χ1v) is 4.92. The SMILES string of the molecule is CC(C)(C)CC(C)(C)N(N)/C(C=O)=N\N. The van der Waals surface area contributed by atoms with Crippen LogP contribution in [0.5, 0.6) is 0 Å².